The molecule has 6 N–H and O–H groups in total. The predicted octanol–water partition coefficient (Wildman–Crippen LogP) is -11.9. The first kappa shape index (κ1) is 29.6. The number of carbonyl (C=O) groups excluding carboxylic acids is 1. The summed E-state index contributed by atoms with van der Waals surface area (Å²) in [5.41, 5.74) is 0. The maximum atomic E-state index is 10.2. The second-order valence-electron chi connectivity index (χ2n) is 2.96. The van der Waals surface area contributed by atoms with Gasteiger partial charge in [-0.3, -0.25) is 4.52 Å². The third-order valence-electron chi connectivity index (χ3n) is 1.65. The minimum Gasteiger partial charge on any atom is -1.00 e. The fourth-order valence-corrected chi connectivity index (χ4v) is 1.13. The van der Waals surface area contributed by atoms with E-state index in [-0.39, 0.29) is 99.2 Å². The first-order chi connectivity index (χ1) is 7.19. The van der Waals surface area contributed by atoms with Gasteiger partial charge in [-0.25, -0.2) is 4.57 Å². The molecule has 0 unspecified atom stereocenters. The van der Waals surface area contributed by atoms with Crippen LogP contribution in [0.3, 0.4) is 0 Å². The maximum absolute atomic E-state index is 10.2. The Bertz CT molecular complexity index is 287. The van der Waals surface area contributed by atoms with E-state index in [9.17, 15) is 9.36 Å². The van der Waals surface area contributed by atoms with E-state index in [1.807, 2.05) is 0 Å². The molecule has 0 amide bonds. The molecule has 0 saturated heterocycles. The van der Waals surface area contributed by atoms with Crippen LogP contribution in [0.15, 0.2) is 0 Å². The van der Waals surface area contributed by atoms with E-state index in [1.165, 1.54) is 0 Å². The van der Waals surface area contributed by atoms with Crippen LogP contribution in [0.25, 0.3) is 0 Å². The first-order valence-corrected chi connectivity index (χ1v) is 5.59. The molecule has 0 saturated carbocycles. The van der Waals surface area contributed by atoms with Crippen molar-refractivity contribution < 1.29 is 137 Å². The van der Waals surface area contributed by atoms with Gasteiger partial charge in [0.1, 0.15) is 24.4 Å². The maximum Gasteiger partial charge on any atom is 1.00 e. The van der Waals surface area contributed by atoms with Crippen LogP contribution in [0.4, 0.5) is 0 Å². The monoisotopic (exact) mass is 332 g/mol. The van der Waals surface area contributed by atoms with Gasteiger partial charge < -0.3 is 39.3 Å². The molecule has 0 aromatic heterocycles. The summed E-state index contributed by atoms with van der Waals surface area (Å²) in [6.07, 6.45) is -7.80. The van der Waals surface area contributed by atoms with Crippen LogP contribution in [0.1, 0.15) is 4.28 Å². The van der Waals surface area contributed by atoms with Crippen LogP contribution in [-0.4, -0.2) is 67.5 Å². The van der Waals surface area contributed by atoms with Gasteiger partial charge in [0, 0.05) is 0 Å². The van der Waals surface area contributed by atoms with E-state index < -0.39 is 38.8 Å². The summed E-state index contributed by atoms with van der Waals surface area (Å²) in [5.74, 6) is 0. The minimum atomic E-state index is -4.80. The number of rotatable bonds is 7. The molecule has 0 aliphatic carbocycles. The fourth-order valence-electron chi connectivity index (χ4n) is 0.782. The molecule has 13 heteroatoms. The number of carbonyl (C=O) groups is 1. The number of aldehydes is 1. The number of aliphatic hydroxyl groups is 4. The Morgan fingerprint density at radius 1 is 1.05 bits per heavy atom. The van der Waals surface area contributed by atoms with Crippen molar-refractivity contribution in [2.24, 2.45) is 0 Å². The summed E-state index contributed by atoms with van der Waals surface area (Å²) in [4.78, 5) is 26.6. The number of aliphatic hydroxyl groups excluding tert-OH is 4. The van der Waals surface area contributed by atoms with E-state index in [0.717, 1.165) is 0 Å². The second-order valence-corrected chi connectivity index (χ2v) is 4.20. The largest absolute Gasteiger partial charge is 1.00 e. The van der Waals surface area contributed by atoms with Crippen molar-refractivity contribution in [3.8, 4) is 0 Å². The van der Waals surface area contributed by atoms with Crippen molar-refractivity contribution in [3.63, 3.8) is 0 Å². The first-order valence-electron chi connectivity index (χ1n) is 4.06. The van der Waals surface area contributed by atoms with Crippen molar-refractivity contribution in [1.29, 1.82) is 0 Å². The van der Waals surface area contributed by atoms with Crippen LogP contribution in [0.5, 0.6) is 0 Å². The quantitative estimate of drug-likeness (QED) is 0.151. The predicted molar refractivity (Wildman–Crippen MR) is 51.4 cm³/mol. The number of hydrogen-bond donors (Lipinski definition) is 6. The van der Waals surface area contributed by atoms with Gasteiger partial charge in [-0.2, -0.15) is 0 Å². The Kier molecular flexibility index (Phi) is 22.2. The van der Waals surface area contributed by atoms with Crippen LogP contribution >= 0.6 is 7.82 Å². The van der Waals surface area contributed by atoms with E-state index in [1.54, 1.807) is 0 Å². The van der Waals surface area contributed by atoms with Crippen molar-refractivity contribution in [3.05, 3.63) is 0 Å². The van der Waals surface area contributed by atoms with Crippen LogP contribution in [0, 0.1) is 0 Å². The molecular formula is C6H16Na3O9P. The fraction of sp³-hybridized carbons (Fsp3) is 0.833. The van der Waals surface area contributed by atoms with Gasteiger partial charge in [0.05, 0.1) is 6.61 Å². The van der Waals surface area contributed by atoms with Gasteiger partial charge in [0.15, 0.2) is 6.29 Å². The second kappa shape index (κ2) is 14.2. The van der Waals surface area contributed by atoms with Gasteiger partial charge >= 0.3 is 96.5 Å². The number of phosphoric ester groups is 1. The summed E-state index contributed by atoms with van der Waals surface area (Å²) in [6, 6.07) is 0. The molecule has 9 nitrogen and oxygen atoms in total. The Morgan fingerprint density at radius 3 is 1.79 bits per heavy atom. The molecule has 0 spiro atoms. The topological polar surface area (TPSA) is 165 Å². The molecule has 0 bridgehead atoms. The summed E-state index contributed by atoms with van der Waals surface area (Å²) in [6.45, 7) is -0.964. The molecular weight excluding hydrogens is 316 g/mol. The van der Waals surface area contributed by atoms with Crippen molar-refractivity contribution in [2.75, 3.05) is 6.61 Å². The number of hydrogen-bond acceptors (Lipinski definition) is 7. The molecule has 102 valence electrons. The van der Waals surface area contributed by atoms with Crippen LogP contribution < -0.4 is 88.7 Å². The van der Waals surface area contributed by atoms with Crippen molar-refractivity contribution in [1.82, 2.24) is 0 Å². The van der Waals surface area contributed by atoms with Crippen LogP contribution in [-0.2, 0) is 13.9 Å². The average molecular weight is 332 g/mol. The molecule has 0 heterocycles. The zero-order valence-corrected chi connectivity index (χ0v) is 17.8. The molecule has 4 atom stereocenters. The van der Waals surface area contributed by atoms with Gasteiger partial charge in [-0.15, -0.1) is 0 Å². The van der Waals surface area contributed by atoms with Gasteiger partial charge in [0.2, 0.25) is 0 Å². The third kappa shape index (κ3) is 14.0. The summed E-state index contributed by atoms with van der Waals surface area (Å²) in [5, 5.41) is 36.1. The normalized spacial score (nSPS) is 16.7. The zero-order valence-electron chi connectivity index (χ0n) is 13.9. The summed E-state index contributed by atoms with van der Waals surface area (Å²) < 4.78 is 14.1. The van der Waals surface area contributed by atoms with E-state index >= 15 is 0 Å². The van der Waals surface area contributed by atoms with Gasteiger partial charge in [-0.1, -0.05) is 0 Å². The molecule has 0 fully saturated rings. The Labute approximate surface area is 180 Å². The van der Waals surface area contributed by atoms with E-state index in [4.69, 9.17) is 30.2 Å². The summed E-state index contributed by atoms with van der Waals surface area (Å²) in [7, 11) is -4.80. The Hall–Kier alpha value is 2.62. The number of phosphoric acid groups is 1. The van der Waals surface area contributed by atoms with Gasteiger partial charge in [-0.05, 0) is 0 Å². The minimum absolute atomic E-state index is 0. The Balaban J connectivity index is -0.0000000750. The molecule has 0 aliphatic heterocycles. The van der Waals surface area contributed by atoms with Crippen molar-refractivity contribution in [2.45, 2.75) is 24.4 Å². The molecule has 0 aromatic rings. The van der Waals surface area contributed by atoms with Crippen molar-refractivity contribution >= 4 is 14.1 Å². The van der Waals surface area contributed by atoms with E-state index in [2.05, 4.69) is 4.52 Å². The molecule has 0 aliphatic rings. The SMILES string of the molecule is O=C[C@H](O)[C@@H](O)[C@H](O)[C@H](O)COP(=O)(O)O.[H-].[H-].[H-].[Na+].[Na+].[Na+]. The van der Waals surface area contributed by atoms with E-state index in [0.29, 0.717) is 0 Å². The van der Waals surface area contributed by atoms with Crippen LogP contribution in [0.2, 0.25) is 0 Å². The summed E-state index contributed by atoms with van der Waals surface area (Å²) >= 11 is 0. The molecule has 0 radical (unpaired) electrons. The third-order valence-corrected chi connectivity index (χ3v) is 2.13. The average Bonchev–Trinajstić information content (AvgIpc) is 2.21. The zero-order chi connectivity index (χ0) is 12.9. The standard InChI is InChI=1S/C6H13O9P.3Na.3H/c7-1-3(8)5(10)6(11)4(9)2-15-16(12,13)14;;;;;;/h1,3-6,8-11H,2H2,(H2,12,13,14);;;;;;/q;3*+1;3*-1/t3-,4+,5+,6+;;;;;;/m0....../s1. The van der Waals surface area contributed by atoms with Gasteiger partial charge in [0.25, 0.3) is 0 Å². The molecule has 0 aromatic carbocycles. The Morgan fingerprint density at radius 2 is 1.47 bits per heavy atom. The molecule has 19 heavy (non-hydrogen) atoms. The molecule has 0 rings (SSSR count). The smallest absolute Gasteiger partial charge is 1.00 e.